The minimum Gasteiger partial charge on any atom is -0.302 e. The van der Waals surface area contributed by atoms with Crippen LogP contribution in [0.1, 0.15) is 22.4 Å². The first-order valence-electron chi connectivity index (χ1n) is 7.74. The second kappa shape index (κ2) is 6.99. The van der Waals surface area contributed by atoms with Gasteiger partial charge in [-0.2, -0.15) is 13.2 Å². The van der Waals surface area contributed by atoms with Crippen LogP contribution in [-0.4, -0.2) is 30.8 Å². The Bertz CT molecular complexity index is 923. The summed E-state index contributed by atoms with van der Waals surface area (Å²) in [7, 11) is -3.15. The van der Waals surface area contributed by atoms with Crippen LogP contribution in [0.2, 0.25) is 0 Å². The van der Waals surface area contributed by atoms with E-state index in [4.69, 9.17) is 0 Å². The molecule has 0 saturated carbocycles. The van der Waals surface area contributed by atoms with Crippen LogP contribution in [-0.2, 0) is 27.2 Å². The SMILES string of the molecule is O=C(Nc1ncc(Cc2cccc(C(F)(F)F)c2)s1)[C@@H]1CCS(=O)(=O)C1. The largest absolute Gasteiger partial charge is 0.416 e. The number of carbonyl (C=O) groups excluding carboxylic acids is 1. The molecule has 0 aliphatic carbocycles. The van der Waals surface area contributed by atoms with E-state index in [1.54, 1.807) is 6.07 Å². The van der Waals surface area contributed by atoms with Crippen molar-refractivity contribution in [1.82, 2.24) is 4.98 Å². The molecular formula is C16H15F3N2O3S2. The van der Waals surface area contributed by atoms with Gasteiger partial charge in [-0.1, -0.05) is 18.2 Å². The number of nitrogens with one attached hydrogen (secondary N) is 1. The number of amides is 1. The van der Waals surface area contributed by atoms with Crippen molar-refractivity contribution in [3.63, 3.8) is 0 Å². The summed E-state index contributed by atoms with van der Waals surface area (Å²) < 4.78 is 61.1. The minimum absolute atomic E-state index is 0.00372. The van der Waals surface area contributed by atoms with Crippen molar-refractivity contribution in [3.8, 4) is 0 Å². The molecule has 1 aliphatic rings. The second-order valence-corrected chi connectivity index (χ2v) is 9.44. The molecule has 140 valence electrons. The Morgan fingerprint density at radius 1 is 1.35 bits per heavy atom. The van der Waals surface area contributed by atoms with Crippen LogP contribution in [0.15, 0.2) is 30.5 Å². The zero-order valence-corrected chi connectivity index (χ0v) is 15.0. The molecule has 3 rings (SSSR count). The molecule has 1 saturated heterocycles. The lowest BCUT2D eigenvalue weighted by atomic mass is 10.1. The molecule has 0 bridgehead atoms. The number of hydrogen-bond acceptors (Lipinski definition) is 5. The maximum absolute atomic E-state index is 12.8. The van der Waals surface area contributed by atoms with Crippen LogP contribution < -0.4 is 5.32 Å². The molecule has 2 heterocycles. The van der Waals surface area contributed by atoms with Crippen molar-refractivity contribution in [1.29, 1.82) is 0 Å². The summed E-state index contributed by atoms with van der Waals surface area (Å²) in [6, 6.07) is 5.04. The molecule has 0 radical (unpaired) electrons. The maximum atomic E-state index is 12.8. The number of anilines is 1. The summed E-state index contributed by atoms with van der Waals surface area (Å²) in [5.41, 5.74) is -0.223. The predicted octanol–water partition coefficient (Wildman–Crippen LogP) is 3.13. The molecule has 0 spiro atoms. The Morgan fingerprint density at radius 2 is 2.12 bits per heavy atom. The smallest absolute Gasteiger partial charge is 0.302 e. The number of sulfone groups is 1. The van der Waals surface area contributed by atoms with Gasteiger partial charge in [-0.05, 0) is 18.1 Å². The van der Waals surface area contributed by atoms with Gasteiger partial charge in [0.15, 0.2) is 15.0 Å². The van der Waals surface area contributed by atoms with E-state index in [2.05, 4.69) is 10.3 Å². The molecule has 10 heteroatoms. The van der Waals surface area contributed by atoms with Crippen molar-refractivity contribution in [2.24, 2.45) is 5.92 Å². The molecule has 1 fully saturated rings. The van der Waals surface area contributed by atoms with Crippen molar-refractivity contribution in [3.05, 3.63) is 46.5 Å². The molecule has 1 N–H and O–H groups in total. The van der Waals surface area contributed by atoms with Crippen LogP contribution in [0.3, 0.4) is 0 Å². The highest BCUT2D eigenvalue weighted by atomic mass is 32.2. The third-order valence-corrected chi connectivity index (χ3v) is 6.70. The molecule has 1 aromatic heterocycles. The highest BCUT2D eigenvalue weighted by molar-refractivity contribution is 7.91. The van der Waals surface area contributed by atoms with Crippen LogP contribution >= 0.6 is 11.3 Å². The normalized spacial score (nSPS) is 19.4. The van der Waals surface area contributed by atoms with Crippen molar-refractivity contribution in [2.45, 2.75) is 19.0 Å². The topological polar surface area (TPSA) is 76.1 Å². The average molecular weight is 404 g/mol. The molecule has 26 heavy (non-hydrogen) atoms. The molecule has 1 atom stereocenters. The monoisotopic (exact) mass is 404 g/mol. The summed E-state index contributed by atoms with van der Waals surface area (Å²) >= 11 is 1.15. The minimum atomic E-state index is -4.40. The lowest BCUT2D eigenvalue weighted by molar-refractivity contribution is -0.137. The molecule has 1 aliphatic heterocycles. The summed E-state index contributed by atoms with van der Waals surface area (Å²) in [5.74, 6) is -1.15. The number of nitrogens with zero attached hydrogens (tertiary/aromatic N) is 1. The van der Waals surface area contributed by atoms with Crippen LogP contribution in [0.4, 0.5) is 18.3 Å². The fourth-order valence-electron chi connectivity index (χ4n) is 2.72. The molecule has 1 amide bonds. The predicted molar refractivity (Wildman–Crippen MR) is 91.8 cm³/mol. The lowest BCUT2D eigenvalue weighted by Gasteiger charge is -2.08. The highest BCUT2D eigenvalue weighted by Gasteiger charge is 2.33. The average Bonchev–Trinajstić information content (AvgIpc) is 3.13. The summed E-state index contributed by atoms with van der Waals surface area (Å²) in [4.78, 5) is 16.8. The fraction of sp³-hybridized carbons (Fsp3) is 0.375. The Labute approximate surface area is 152 Å². The molecular weight excluding hydrogens is 389 g/mol. The van der Waals surface area contributed by atoms with E-state index in [0.29, 0.717) is 15.6 Å². The van der Waals surface area contributed by atoms with E-state index in [0.717, 1.165) is 23.5 Å². The van der Waals surface area contributed by atoms with Gasteiger partial charge in [-0.3, -0.25) is 4.79 Å². The number of thiazole rings is 1. The number of hydrogen-bond donors (Lipinski definition) is 1. The maximum Gasteiger partial charge on any atom is 0.416 e. The van der Waals surface area contributed by atoms with Gasteiger partial charge in [0.25, 0.3) is 0 Å². The number of alkyl halides is 3. The number of benzene rings is 1. The summed E-state index contributed by atoms with van der Waals surface area (Å²) in [5, 5.41) is 2.89. The molecule has 0 unspecified atom stereocenters. The van der Waals surface area contributed by atoms with E-state index < -0.39 is 33.4 Å². The number of halogens is 3. The molecule has 1 aromatic carbocycles. The number of aromatic nitrogens is 1. The highest BCUT2D eigenvalue weighted by Crippen LogP contribution is 2.31. The van der Waals surface area contributed by atoms with E-state index in [1.807, 2.05) is 0 Å². The van der Waals surface area contributed by atoms with Crippen LogP contribution in [0, 0.1) is 5.92 Å². The standard InChI is InChI=1S/C16H15F3N2O3S2/c17-16(18,19)12-3-1-2-10(6-12)7-13-8-20-15(25-13)21-14(22)11-4-5-26(23,24)9-11/h1-3,6,8,11H,4-5,7,9H2,(H,20,21,22)/t11-/m1/s1. The Morgan fingerprint density at radius 3 is 2.77 bits per heavy atom. The Hall–Kier alpha value is -1.94. The number of rotatable bonds is 4. The zero-order valence-electron chi connectivity index (χ0n) is 13.4. The van der Waals surface area contributed by atoms with Gasteiger partial charge in [-0.15, -0.1) is 11.3 Å². The van der Waals surface area contributed by atoms with Crippen molar-refractivity contribution in [2.75, 3.05) is 16.8 Å². The van der Waals surface area contributed by atoms with Crippen LogP contribution in [0.5, 0.6) is 0 Å². The second-order valence-electron chi connectivity index (χ2n) is 6.10. The Balaban J connectivity index is 1.64. The zero-order chi connectivity index (χ0) is 18.9. The van der Waals surface area contributed by atoms with Gasteiger partial charge in [0.05, 0.1) is 23.0 Å². The first kappa shape index (κ1) is 18.8. The fourth-order valence-corrected chi connectivity index (χ4v) is 5.31. The quantitative estimate of drug-likeness (QED) is 0.850. The third kappa shape index (κ3) is 4.61. The van der Waals surface area contributed by atoms with E-state index >= 15 is 0 Å². The van der Waals surface area contributed by atoms with Crippen LogP contribution in [0.25, 0.3) is 0 Å². The Kier molecular flexibility index (Phi) is 5.07. The molecule has 2 aromatic rings. The lowest BCUT2D eigenvalue weighted by Crippen LogP contribution is -2.23. The van der Waals surface area contributed by atoms with Gasteiger partial charge in [0.1, 0.15) is 0 Å². The van der Waals surface area contributed by atoms with E-state index in [9.17, 15) is 26.4 Å². The first-order chi connectivity index (χ1) is 12.1. The van der Waals surface area contributed by atoms with Gasteiger partial charge in [-0.25, -0.2) is 13.4 Å². The molecule has 5 nitrogen and oxygen atoms in total. The van der Waals surface area contributed by atoms with Crippen molar-refractivity contribution < 1.29 is 26.4 Å². The van der Waals surface area contributed by atoms with Gasteiger partial charge >= 0.3 is 6.18 Å². The van der Waals surface area contributed by atoms with Gasteiger partial charge < -0.3 is 5.32 Å². The van der Waals surface area contributed by atoms with E-state index in [-0.39, 0.29) is 24.3 Å². The number of carbonyl (C=O) groups is 1. The summed E-state index contributed by atoms with van der Waals surface area (Å²) in [6.45, 7) is 0. The summed E-state index contributed by atoms with van der Waals surface area (Å²) in [6.07, 6.45) is -2.36. The van der Waals surface area contributed by atoms with Crippen molar-refractivity contribution >= 4 is 32.2 Å². The first-order valence-corrected chi connectivity index (χ1v) is 10.4. The van der Waals surface area contributed by atoms with Gasteiger partial charge in [0.2, 0.25) is 5.91 Å². The van der Waals surface area contributed by atoms with Gasteiger partial charge in [0, 0.05) is 17.5 Å². The van der Waals surface area contributed by atoms with E-state index in [1.165, 1.54) is 12.3 Å². The third-order valence-electron chi connectivity index (χ3n) is 4.02.